The highest BCUT2D eigenvalue weighted by Crippen LogP contribution is 2.11. The van der Waals surface area contributed by atoms with Crippen LogP contribution in [0, 0.1) is 12.1 Å². The summed E-state index contributed by atoms with van der Waals surface area (Å²) >= 11 is -0.732. The lowest BCUT2D eigenvalue weighted by Crippen LogP contribution is -2.28. The molecule has 0 radical (unpaired) electrons. The predicted molar refractivity (Wildman–Crippen MR) is 69.6 cm³/mol. The molecule has 2 rings (SSSR count). The number of hydrogen-bond donors (Lipinski definition) is 1. The van der Waals surface area contributed by atoms with E-state index >= 15 is 0 Å². The molecule has 0 fully saturated rings. The maximum absolute atomic E-state index is 11.6. The lowest BCUT2D eigenvalue weighted by molar-refractivity contribution is 1.21. The third kappa shape index (κ3) is 2.21. The summed E-state index contributed by atoms with van der Waals surface area (Å²) in [6.07, 6.45) is 0. The fraction of sp³-hybridized carbons (Fsp3) is 0. The first-order valence-electron chi connectivity index (χ1n) is 4.61. The van der Waals surface area contributed by atoms with E-state index in [1.807, 2.05) is 30.3 Å². The van der Waals surface area contributed by atoms with Gasteiger partial charge in [0.2, 0.25) is 5.43 Å². The van der Waals surface area contributed by atoms with Crippen molar-refractivity contribution < 1.29 is 0 Å². The van der Waals surface area contributed by atoms with Crippen LogP contribution in [-0.4, -0.2) is 0 Å². The summed E-state index contributed by atoms with van der Waals surface area (Å²) in [5.41, 5.74) is -0.563. The van der Waals surface area contributed by atoms with Gasteiger partial charge in [-0.1, -0.05) is 38.9 Å². The highest BCUT2D eigenvalue weighted by Gasteiger charge is 1.97. The Labute approximate surface area is 101 Å². The van der Waals surface area contributed by atoms with Crippen LogP contribution in [-0.2, 0) is 0 Å². The summed E-state index contributed by atoms with van der Waals surface area (Å²) in [6, 6.07) is 12.0. The molecule has 2 aromatic rings. The van der Waals surface area contributed by atoms with E-state index in [9.17, 15) is 9.59 Å². The molecule has 2 aromatic carbocycles. The van der Waals surface area contributed by atoms with Gasteiger partial charge in [-0.25, -0.2) is 0 Å². The molecule has 0 aliphatic heterocycles. The van der Waals surface area contributed by atoms with Gasteiger partial charge in [-0.15, -0.1) is 0 Å². The van der Waals surface area contributed by atoms with Crippen molar-refractivity contribution in [3.05, 3.63) is 75.0 Å². The molecule has 0 saturated carbocycles. The van der Waals surface area contributed by atoms with Gasteiger partial charge in [0.15, 0.2) is 5.43 Å². The maximum Gasteiger partial charge on any atom is 0.204 e. The van der Waals surface area contributed by atoms with Gasteiger partial charge >= 0.3 is 0 Å². The monoisotopic (exact) mass is 325 g/mol. The minimum Gasteiger partial charge on any atom is -0.296 e. The molecule has 0 amide bonds. The molecule has 1 N–H and O–H groups in total. The molecule has 0 atom stereocenters. The Kier molecular flexibility index (Phi) is 3.19. The quantitative estimate of drug-likeness (QED) is 0.800. The number of rotatable bonds is 1. The average molecular weight is 325 g/mol. The van der Waals surface area contributed by atoms with Crippen LogP contribution in [0.1, 0.15) is 0 Å². The fourth-order valence-corrected chi connectivity index (χ4v) is 3.60. The van der Waals surface area contributed by atoms with E-state index in [1.165, 1.54) is 12.1 Å². The van der Waals surface area contributed by atoms with E-state index in [0.717, 1.165) is 3.57 Å². The molecule has 4 heteroatoms. The molecular formula is C12H8INO2. The van der Waals surface area contributed by atoms with Crippen molar-refractivity contribution in [2.45, 2.75) is 0 Å². The van der Waals surface area contributed by atoms with E-state index in [1.54, 1.807) is 0 Å². The Hall–Kier alpha value is -1.43. The minimum atomic E-state index is -0.732. The summed E-state index contributed by atoms with van der Waals surface area (Å²) in [6.45, 7) is 0. The third-order valence-corrected chi connectivity index (χ3v) is 4.96. The van der Waals surface area contributed by atoms with Crippen LogP contribution in [0.5, 0.6) is 0 Å². The SMILES string of the molecule is N=c1c(=O)ccc(=O)c1=Ic1ccccc1. The van der Waals surface area contributed by atoms with Gasteiger partial charge in [0.1, 0.15) is 5.36 Å². The van der Waals surface area contributed by atoms with Crippen LogP contribution in [0.2, 0.25) is 0 Å². The van der Waals surface area contributed by atoms with E-state index in [-0.39, 0.29) is 16.2 Å². The van der Waals surface area contributed by atoms with Crippen molar-refractivity contribution in [2.24, 2.45) is 0 Å². The Morgan fingerprint density at radius 3 is 2.19 bits per heavy atom. The van der Waals surface area contributed by atoms with E-state index in [0.29, 0.717) is 3.15 Å². The molecule has 0 saturated heterocycles. The Morgan fingerprint density at radius 1 is 0.875 bits per heavy atom. The van der Waals surface area contributed by atoms with E-state index in [4.69, 9.17) is 5.41 Å². The van der Waals surface area contributed by atoms with Crippen LogP contribution in [0.3, 0.4) is 0 Å². The number of halogens is 1. The molecule has 80 valence electrons. The van der Waals surface area contributed by atoms with Crippen molar-refractivity contribution in [1.82, 2.24) is 0 Å². The van der Waals surface area contributed by atoms with Crippen LogP contribution < -0.4 is 16.2 Å². The predicted octanol–water partition coefficient (Wildman–Crippen LogP) is 1.13. The van der Waals surface area contributed by atoms with E-state index < -0.39 is 20.7 Å². The average Bonchev–Trinajstić information content (AvgIpc) is 2.31. The first kappa shape index (κ1) is 11.1. The summed E-state index contributed by atoms with van der Waals surface area (Å²) in [5, 5.41) is 7.47. The van der Waals surface area contributed by atoms with Gasteiger partial charge in [-0.3, -0.25) is 15.0 Å². The number of hydrogen-bond acceptors (Lipinski definition) is 3. The van der Waals surface area contributed by atoms with E-state index in [2.05, 4.69) is 0 Å². The molecule has 0 aliphatic carbocycles. The normalized spacial score (nSPS) is 12.1. The van der Waals surface area contributed by atoms with Gasteiger partial charge in [-0.05, 0) is 24.3 Å². The lowest BCUT2D eigenvalue weighted by atomic mass is 10.3. The van der Waals surface area contributed by atoms with Crippen LogP contribution in [0.4, 0.5) is 0 Å². The van der Waals surface area contributed by atoms with Crippen LogP contribution in [0.25, 0.3) is 0 Å². The largest absolute Gasteiger partial charge is 0.296 e. The molecule has 0 aromatic heterocycles. The van der Waals surface area contributed by atoms with Gasteiger partial charge in [0.05, 0.1) is 3.15 Å². The Bertz CT molecular complexity index is 713. The second-order valence-electron chi connectivity index (χ2n) is 3.14. The molecule has 0 bridgehead atoms. The molecule has 16 heavy (non-hydrogen) atoms. The summed E-state index contributed by atoms with van der Waals surface area (Å²) < 4.78 is 1.43. The summed E-state index contributed by atoms with van der Waals surface area (Å²) in [5.74, 6) is 0. The molecular weight excluding hydrogens is 317 g/mol. The van der Waals surface area contributed by atoms with Crippen molar-refractivity contribution in [2.75, 3.05) is 0 Å². The second-order valence-corrected chi connectivity index (χ2v) is 6.00. The molecule has 0 unspecified atom stereocenters. The van der Waals surface area contributed by atoms with Crippen molar-refractivity contribution in [3.63, 3.8) is 0 Å². The highest BCUT2D eigenvalue weighted by atomic mass is 127. The first-order chi connectivity index (χ1) is 7.68. The summed E-state index contributed by atoms with van der Waals surface area (Å²) in [7, 11) is 0. The molecule has 0 spiro atoms. The summed E-state index contributed by atoms with van der Waals surface area (Å²) in [4.78, 5) is 22.8. The second kappa shape index (κ2) is 4.61. The number of benzene rings is 2. The standard InChI is InChI=1S/C12H8INO2/c14-12-10(16)7-6-9(15)11(12)13-8-4-2-1-3-5-8/h1-7,14H. The highest BCUT2D eigenvalue weighted by molar-refractivity contribution is 14.2. The third-order valence-electron chi connectivity index (χ3n) is 2.01. The van der Waals surface area contributed by atoms with Crippen molar-refractivity contribution in [1.29, 1.82) is 5.41 Å². The molecule has 0 heterocycles. The van der Waals surface area contributed by atoms with Gasteiger partial charge in [0.25, 0.3) is 0 Å². The minimum absolute atomic E-state index is 0.135. The smallest absolute Gasteiger partial charge is 0.204 e. The topological polar surface area (TPSA) is 58.0 Å². The lowest BCUT2D eigenvalue weighted by Gasteiger charge is -1.89. The Balaban J connectivity index is 2.80. The van der Waals surface area contributed by atoms with Crippen LogP contribution >= 0.6 is 20.7 Å². The zero-order valence-electron chi connectivity index (χ0n) is 8.24. The van der Waals surface area contributed by atoms with Crippen LogP contribution in [0.15, 0.2) is 52.1 Å². The Morgan fingerprint density at radius 2 is 1.50 bits per heavy atom. The van der Waals surface area contributed by atoms with Crippen molar-refractivity contribution in [3.8, 4) is 0 Å². The zero-order chi connectivity index (χ0) is 11.5. The first-order valence-corrected chi connectivity index (χ1v) is 6.77. The van der Waals surface area contributed by atoms with Gasteiger partial charge < -0.3 is 0 Å². The molecule has 3 nitrogen and oxygen atoms in total. The van der Waals surface area contributed by atoms with Gasteiger partial charge in [-0.2, -0.15) is 0 Å². The fourth-order valence-electron chi connectivity index (χ4n) is 1.22. The zero-order valence-corrected chi connectivity index (χ0v) is 10.4. The van der Waals surface area contributed by atoms with Gasteiger partial charge in [0, 0.05) is 3.57 Å². The molecule has 0 aliphatic rings. The van der Waals surface area contributed by atoms with Crippen molar-refractivity contribution >= 4 is 20.7 Å². The maximum atomic E-state index is 11.6. The number of nitrogens with one attached hydrogen (secondary N) is 1.